The van der Waals surface area contributed by atoms with Crippen LogP contribution in [0.2, 0.25) is 0 Å². The molecule has 1 saturated heterocycles. The highest BCUT2D eigenvalue weighted by Gasteiger charge is 2.40. The Balaban J connectivity index is 1.48. The summed E-state index contributed by atoms with van der Waals surface area (Å²) in [5.74, 6) is 0. The molecule has 0 spiro atoms. The van der Waals surface area contributed by atoms with Crippen LogP contribution in [-0.2, 0) is 13.0 Å². The van der Waals surface area contributed by atoms with Crippen LogP contribution in [0.4, 0.5) is 0 Å². The van der Waals surface area contributed by atoms with Gasteiger partial charge in [0.1, 0.15) is 12.6 Å². The molecule has 1 fully saturated rings. The predicted octanol–water partition coefficient (Wildman–Crippen LogP) is 0.934. The SMILES string of the molecule is N#CC1([NH2+]CCc2ccccc2)CC[NH+](Cc2ccccc2)CC1. The van der Waals surface area contributed by atoms with Crippen molar-refractivity contribution in [3.05, 3.63) is 71.8 Å². The third kappa shape index (κ3) is 4.44. The summed E-state index contributed by atoms with van der Waals surface area (Å²) in [7, 11) is 0. The van der Waals surface area contributed by atoms with Crippen LogP contribution in [0.25, 0.3) is 0 Å². The van der Waals surface area contributed by atoms with E-state index in [1.807, 2.05) is 0 Å². The summed E-state index contributed by atoms with van der Waals surface area (Å²) in [4.78, 5) is 1.60. The molecule has 1 aliphatic rings. The van der Waals surface area contributed by atoms with Crippen molar-refractivity contribution in [1.82, 2.24) is 0 Å². The Morgan fingerprint density at radius 2 is 1.50 bits per heavy atom. The maximum Gasteiger partial charge on any atom is 0.194 e. The highest BCUT2D eigenvalue weighted by atomic mass is 15.2. The minimum absolute atomic E-state index is 0.213. The average Bonchev–Trinajstić information content (AvgIpc) is 2.65. The van der Waals surface area contributed by atoms with Crippen molar-refractivity contribution in [2.45, 2.75) is 31.3 Å². The van der Waals surface area contributed by atoms with E-state index in [1.165, 1.54) is 11.1 Å². The number of nitrogens with two attached hydrogens (primary N) is 1. The molecule has 0 atom stereocenters. The minimum atomic E-state index is -0.213. The summed E-state index contributed by atoms with van der Waals surface area (Å²) >= 11 is 0. The average molecular weight is 321 g/mol. The van der Waals surface area contributed by atoms with Crippen molar-refractivity contribution in [2.75, 3.05) is 19.6 Å². The molecule has 0 bridgehead atoms. The van der Waals surface area contributed by atoms with Gasteiger partial charge in [0.05, 0.1) is 32.5 Å². The fourth-order valence-corrected chi connectivity index (χ4v) is 3.63. The highest BCUT2D eigenvalue weighted by molar-refractivity contribution is 5.15. The quantitative estimate of drug-likeness (QED) is 0.817. The zero-order valence-corrected chi connectivity index (χ0v) is 14.2. The van der Waals surface area contributed by atoms with Gasteiger partial charge in [-0.05, 0) is 5.56 Å². The van der Waals surface area contributed by atoms with Crippen molar-refractivity contribution >= 4 is 0 Å². The second kappa shape index (κ2) is 8.10. The summed E-state index contributed by atoms with van der Waals surface area (Å²) in [6.45, 7) is 4.24. The number of quaternary nitrogens is 2. The zero-order chi connectivity index (χ0) is 16.7. The maximum absolute atomic E-state index is 9.72. The van der Waals surface area contributed by atoms with Gasteiger partial charge in [-0.15, -0.1) is 0 Å². The predicted molar refractivity (Wildman–Crippen MR) is 95.4 cm³/mol. The minimum Gasteiger partial charge on any atom is -0.331 e. The molecule has 24 heavy (non-hydrogen) atoms. The molecule has 0 aromatic heterocycles. The van der Waals surface area contributed by atoms with Crippen LogP contribution in [0.15, 0.2) is 60.7 Å². The van der Waals surface area contributed by atoms with Crippen molar-refractivity contribution in [1.29, 1.82) is 5.26 Å². The van der Waals surface area contributed by atoms with Crippen LogP contribution in [0.1, 0.15) is 24.0 Å². The van der Waals surface area contributed by atoms with Crippen molar-refractivity contribution in [3.8, 4) is 6.07 Å². The molecule has 124 valence electrons. The van der Waals surface area contributed by atoms with E-state index in [2.05, 4.69) is 72.0 Å². The van der Waals surface area contributed by atoms with E-state index in [0.29, 0.717) is 0 Å². The molecule has 2 aromatic carbocycles. The third-order valence-corrected chi connectivity index (χ3v) is 5.18. The number of hydrogen-bond acceptors (Lipinski definition) is 1. The summed E-state index contributed by atoms with van der Waals surface area (Å²) in [6, 6.07) is 23.9. The molecule has 2 aromatic rings. The number of nitrogens with zero attached hydrogens (tertiary/aromatic N) is 1. The Bertz CT molecular complexity index is 652. The number of rotatable bonds is 6. The summed E-state index contributed by atoms with van der Waals surface area (Å²) in [6.07, 6.45) is 3.01. The van der Waals surface area contributed by atoms with Crippen molar-refractivity contribution in [3.63, 3.8) is 0 Å². The van der Waals surface area contributed by atoms with Gasteiger partial charge in [0, 0.05) is 12.0 Å². The Morgan fingerprint density at radius 3 is 2.08 bits per heavy atom. The molecule has 3 rings (SSSR count). The molecule has 0 saturated carbocycles. The Hall–Kier alpha value is -2.15. The smallest absolute Gasteiger partial charge is 0.194 e. The molecular weight excluding hydrogens is 294 g/mol. The molecule has 0 amide bonds. The number of nitriles is 1. The van der Waals surface area contributed by atoms with Gasteiger partial charge in [-0.3, -0.25) is 0 Å². The summed E-state index contributed by atoms with van der Waals surface area (Å²) in [5.41, 5.74) is 2.54. The van der Waals surface area contributed by atoms with Crippen LogP contribution >= 0.6 is 0 Å². The first-order valence-corrected chi connectivity index (χ1v) is 8.97. The van der Waals surface area contributed by atoms with E-state index < -0.39 is 0 Å². The lowest BCUT2D eigenvalue weighted by Gasteiger charge is -2.33. The normalized spacial score (nSPS) is 23.5. The zero-order valence-electron chi connectivity index (χ0n) is 14.2. The first kappa shape index (κ1) is 16.7. The fraction of sp³-hybridized carbons (Fsp3) is 0.381. The molecule has 3 N–H and O–H groups in total. The fourth-order valence-electron chi connectivity index (χ4n) is 3.63. The lowest BCUT2D eigenvalue weighted by Crippen LogP contribution is -3.15. The van der Waals surface area contributed by atoms with Crippen molar-refractivity contribution in [2.24, 2.45) is 0 Å². The van der Waals surface area contributed by atoms with E-state index >= 15 is 0 Å². The Morgan fingerprint density at radius 1 is 0.917 bits per heavy atom. The van der Waals surface area contributed by atoms with Gasteiger partial charge >= 0.3 is 0 Å². The number of likely N-dealkylation sites (tertiary alicyclic amines) is 1. The van der Waals surface area contributed by atoms with Crippen LogP contribution in [0.5, 0.6) is 0 Å². The maximum atomic E-state index is 9.72. The van der Waals surface area contributed by atoms with Crippen LogP contribution in [0.3, 0.4) is 0 Å². The standard InChI is InChI=1S/C21H25N3/c22-18-21(23-14-11-19-7-3-1-4-8-19)12-15-24(16-13-21)17-20-9-5-2-6-10-20/h1-10,23H,11-17H2/p+2. The van der Waals surface area contributed by atoms with E-state index in [-0.39, 0.29) is 5.54 Å². The molecule has 3 heteroatoms. The second-order valence-electron chi connectivity index (χ2n) is 6.91. The first-order chi connectivity index (χ1) is 11.8. The Labute approximate surface area is 144 Å². The molecular formula is C21H27N3+2. The summed E-state index contributed by atoms with van der Waals surface area (Å²) < 4.78 is 0. The lowest BCUT2D eigenvalue weighted by atomic mass is 9.88. The molecule has 0 unspecified atom stereocenters. The van der Waals surface area contributed by atoms with Gasteiger partial charge in [-0.2, -0.15) is 5.26 Å². The summed E-state index contributed by atoms with van der Waals surface area (Å²) in [5, 5.41) is 12.0. The number of benzene rings is 2. The van der Waals surface area contributed by atoms with E-state index in [4.69, 9.17) is 0 Å². The van der Waals surface area contributed by atoms with Gasteiger partial charge in [0.2, 0.25) is 0 Å². The highest BCUT2D eigenvalue weighted by Crippen LogP contribution is 2.10. The van der Waals surface area contributed by atoms with Gasteiger partial charge in [0.15, 0.2) is 5.54 Å². The van der Waals surface area contributed by atoms with Crippen molar-refractivity contribution < 1.29 is 10.2 Å². The van der Waals surface area contributed by atoms with E-state index in [9.17, 15) is 5.26 Å². The largest absolute Gasteiger partial charge is 0.331 e. The Kier molecular flexibility index (Phi) is 5.63. The van der Waals surface area contributed by atoms with Gasteiger partial charge < -0.3 is 10.2 Å². The third-order valence-electron chi connectivity index (χ3n) is 5.18. The molecule has 1 heterocycles. The molecule has 1 aliphatic heterocycles. The van der Waals surface area contributed by atoms with Gasteiger partial charge in [-0.1, -0.05) is 60.7 Å². The van der Waals surface area contributed by atoms with Crippen LogP contribution in [-0.4, -0.2) is 25.2 Å². The van der Waals surface area contributed by atoms with Crippen LogP contribution in [0, 0.1) is 11.3 Å². The topological polar surface area (TPSA) is 44.8 Å². The first-order valence-electron chi connectivity index (χ1n) is 8.97. The van der Waals surface area contributed by atoms with Gasteiger partial charge in [-0.25, -0.2) is 0 Å². The number of nitrogens with one attached hydrogen (secondary N) is 1. The van der Waals surface area contributed by atoms with E-state index in [0.717, 1.165) is 45.4 Å². The molecule has 3 nitrogen and oxygen atoms in total. The van der Waals surface area contributed by atoms with Crippen LogP contribution < -0.4 is 10.2 Å². The molecule has 0 aliphatic carbocycles. The monoisotopic (exact) mass is 321 g/mol. The molecule has 0 radical (unpaired) electrons. The van der Waals surface area contributed by atoms with Gasteiger partial charge in [0.25, 0.3) is 0 Å². The second-order valence-corrected chi connectivity index (χ2v) is 6.91. The number of hydrogen-bond donors (Lipinski definition) is 2. The lowest BCUT2D eigenvalue weighted by molar-refractivity contribution is -0.928. The van der Waals surface area contributed by atoms with E-state index in [1.54, 1.807) is 4.90 Å². The number of piperidine rings is 1.